The molecule has 0 atom stereocenters. The predicted octanol–water partition coefficient (Wildman–Crippen LogP) is 2.56. The first kappa shape index (κ1) is 12.2. The predicted molar refractivity (Wildman–Crippen MR) is 78.4 cm³/mol. The van der Waals surface area contributed by atoms with E-state index in [1.54, 1.807) is 0 Å². The summed E-state index contributed by atoms with van der Waals surface area (Å²) in [5.41, 5.74) is 1.02. The number of nitrogens with zero attached hydrogens (tertiary/aromatic N) is 1. The van der Waals surface area contributed by atoms with Crippen molar-refractivity contribution in [1.82, 2.24) is 5.32 Å². The molecule has 2 aromatic rings. The topological polar surface area (TPSA) is 32.3 Å². The summed E-state index contributed by atoms with van der Waals surface area (Å²) in [6, 6.07) is 14.5. The molecule has 19 heavy (non-hydrogen) atoms. The maximum Gasteiger partial charge on any atom is 0.228 e. The van der Waals surface area contributed by atoms with Gasteiger partial charge >= 0.3 is 0 Å². The van der Waals surface area contributed by atoms with Crippen molar-refractivity contribution < 1.29 is 4.79 Å². The van der Waals surface area contributed by atoms with Gasteiger partial charge in [-0.3, -0.25) is 4.79 Å². The minimum Gasteiger partial charge on any atom is -0.316 e. The molecule has 1 N–H and O–H groups in total. The number of amides is 1. The fourth-order valence-corrected chi connectivity index (χ4v) is 2.56. The molecule has 2 aromatic carbocycles. The van der Waals surface area contributed by atoms with Crippen LogP contribution >= 0.6 is 0 Å². The van der Waals surface area contributed by atoms with E-state index in [2.05, 4.69) is 35.6 Å². The summed E-state index contributed by atoms with van der Waals surface area (Å²) in [6.45, 7) is 2.56. The minimum absolute atomic E-state index is 0.211. The molecule has 1 saturated heterocycles. The first-order chi connectivity index (χ1) is 9.34. The maximum absolute atomic E-state index is 12.2. The summed E-state index contributed by atoms with van der Waals surface area (Å²) in [4.78, 5) is 14.1. The molecule has 0 aliphatic carbocycles. The number of nitrogens with one attached hydrogen (secondary N) is 1. The van der Waals surface area contributed by atoms with Gasteiger partial charge in [-0.1, -0.05) is 30.3 Å². The molecule has 98 valence electrons. The largest absolute Gasteiger partial charge is 0.316 e. The third kappa shape index (κ3) is 2.61. The van der Waals surface area contributed by atoms with Crippen LogP contribution in [0, 0.1) is 0 Å². The molecule has 0 unspecified atom stereocenters. The SMILES string of the molecule is O=C1CCNCCCN1c1ccc2ccccc2c1. The fourth-order valence-electron chi connectivity index (χ4n) is 2.56. The lowest BCUT2D eigenvalue weighted by Gasteiger charge is -2.25. The monoisotopic (exact) mass is 254 g/mol. The zero-order chi connectivity index (χ0) is 13.1. The normalized spacial score (nSPS) is 17.3. The Kier molecular flexibility index (Phi) is 3.47. The van der Waals surface area contributed by atoms with Gasteiger partial charge in [0.1, 0.15) is 0 Å². The first-order valence-corrected chi connectivity index (χ1v) is 6.84. The molecule has 0 radical (unpaired) electrons. The van der Waals surface area contributed by atoms with Gasteiger partial charge in [0.25, 0.3) is 0 Å². The molecule has 3 nitrogen and oxygen atoms in total. The van der Waals surface area contributed by atoms with Gasteiger partial charge in [0.15, 0.2) is 0 Å². The van der Waals surface area contributed by atoms with Gasteiger partial charge in [-0.25, -0.2) is 0 Å². The second-order valence-electron chi connectivity index (χ2n) is 4.93. The standard InChI is InChI=1S/C16H18N2O/c19-16-8-10-17-9-3-11-18(16)15-7-6-13-4-1-2-5-14(13)12-15/h1-2,4-7,12,17H,3,8-11H2. The summed E-state index contributed by atoms with van der Waals surface area (Å²) < 4.78 is 0. The second kappa shape index (κ2) is 5.41. The smallest absolute Gasteiger partial charge is 0.228 e. The average molecular weight is 254 g/mol. The Labute approximate surface area is 113 Å². The fraction of sp³-hybridized carbons (Fsp3) is 0.312. The molecule has 1 aliphatic heterocycles. The Morgan fingerprint density at radius 1 is 1.00 bits per heavy atom. The lowest BCUT2D eigenvalue weighted by atomic mass is 10.1. The first-order valence-electron chi connectivity index (χ1n) is 6.84. The number of hydrogen-bond donors (Lipinski definition) is 1. The van der Waals surface area contributed by atoms with Crippen molar-refractivity contribution in [2.75, 3.05) is 24.5 Å². The number of rotatable bonds is 1. The molecule has 0 bridgehead atoms. The van der Waals surface area contributed by atoms with Gasteiger partial charge in [0.2, 0.25) is 5.91 Å². The Hall–Kier alpha value is -1.87. The van der Waals surface area contributed by atoms with Crippen LogP contribution in [-0.4, -0.2) is 25.5 Å². The zero-order valence-corrected chi connectivity index (χ0v) is 10.9. The van der Waals surface area contributed by atoms with Crippen molar-refractivity contribution in [2.24, 2.45) is 0 Å². The highest BCUT2D eigenvalue weighted by Gasteiger charge is 2.17. The van der Waals surface area contributed by atoms with Crippen molar-refractivity contribution in [2.45, 2.75) is 12.8 Å². The van der Waals surface area contributed by atoms with Crippen LogP contribution < -0.4 is 10.2 Å². The van der Waals surface area contributed by atoms with E-state index in [-0.39, 0.29) is 5.91 Å². The van der Waals surface area contributed by atoms with E-state index in [0.717, 1.165) is 31.7 Å². The lowest BCUT2D eigenvalue weighted by molar-refractivity contribution is -0.118. The minimum atomic E-state index is 0.211. The van der Waals surface area contributed by atoms with Crippen LogP contribution in [0.1, 0.15) is 12.8 Å². The van der Waals surface area contributed by atoms with Gasteiger partial charge in [-0.15, -0.1) is 0 Å². The van der Waals surface area contributed by atoms with Crippen molar-refractivity contribution in [3.05, 3.63) is 42.5 Å². The number of hydrogen-bond acceptors (Lipinski definition) is 2. The Morgan fingerprint density at radius 3 is 2.74 bits per heavy atom. The van der Waals surface area contributed by atoms with Crippen LogP contribution in [0.5, 0.6) is 0 Å². The summed E-state index contributed by atoms with van der Waals surface area (Å²) in [5.74, 6) is 0.211. The Morgan fingerprint density at radius 2 is 1.84 bits per heavy atom. The summed E-state index contributed by atoms with van der Waals surface area (Å²) >= 11 is 0. The highest BCUT2D eigenvalue weighted by Crippen LogP contribution is 2.23. The van der Waals surface area contributed by atoms with Gasteiger partial charge < -0.3 is 10.2 Å². The highest BCUT2D eigenvalue weighted by atomic mass is 16.2. The summed E-state index contributed by atoms with van der Waals surface area (Å²) in [6.07, 6.45) is 1.57. The van der Waals surface area contributed by atoms with E-state index in [1.165, 1.54) is 10.8 Å². The lowest BCUT2D eigenvalue weighted by Crippen LogP contribution is -2.38. The van der Waals surface area contributed by atoms with Crippen LogP contribution in [0.4, 0.5) is 5.69 Å². The van der Waals surface area contributed by atoms with E-state index in [4.69, 9.17) is 0 Å². The van der Waals surface area contributed by atoms with E-state index >= 15 is 0 Å². The molecule has 0 spiro atoms. The number of carbonyl (C=O) groups excluding carboxylic acids is 1. The zero-order valence-electron chi connectivity index (χ0n) is 10.9. The van der Waals surface area contributed by atoms with Crippen molar-refractivity contribution in [3.8, 4) is 0 Å². The number of carbonyl (C=O) groups is 1. The van der Waals surface area contributed by atoms with Gasteiger partial charge in [-0.2, -0.15) is 0 Å². The Bertz CT molecular complexity index is 594. The number of benzene rings is 2. The van der Waals surface area contributed by atoms with Crippen LogP contribution in [0.25, 0.3) is 10.8 Å². The number of fused-ring (bicyclic) bond motifs is 1. The molecule has 1 amide bonds. The third-order valence-corrected chi connectivity index (χ3v) is 3.60. The van der Waals surface area contributed by atoms with Crippen LogP contribution in [0.3, 0.4) is 0 Å². The Balaban J connectivity index is 1.94. The molecule has 0 saturated carbocycles. The van der Waals surface area contributed by atoms with E-state index < -0.39 is 0 Å². The molecule has 1 aliphatic rings. The van der Waals surface area contributed by atoms with Crippen molar-refractivity contribution in [1.29, 1.82) is 0 Å². The third-order valence-electron chi connectivity index (χ3n) is 3.60. The molecular weight excluding hydrogens is 236 g/mol. The quantitative estimate of drug-likeness (QED) is 0.848. The average Bonchev–Trinajstić information content (AvgIpc) is 2.43. The second-order valence-corrected chi connectivity index (χ2v) is 4.93. The van der Waals surface area contributed by atoms with E-state index in [1.807, 2.05) is 17.0 Å². The molecule has 1 heterocycles. The van der Waals surface area contributed by atoms with Crippen molar-refractivity contribution >= 4 is 22.4 Å². The summed E-state index contributed by atoms with van der Waals surface area (Å²) in [7, 11) is 0. The van der Waals surface area contributed by atoms with Crippen LogP contribution in [0.2, 0.25) is 0 Å². The summed E-state index contributed by atoms with van der Waals surface area (Å²) in [5, 5.41) is 5.67. The molecular formula is C16H18N2O. The van der Waals surface area contributed by atoms with Gasteiger partial charge in [-0.05, 0) is 35.9 Å². The van der Waals surface area contributed by atoms with Crippen LogP contribution in [0.15, 0.2) is 42.5 Å². The van der Waals surface area contributed by atoms with Gasteiger partial charge in [0, 0.05) is 25.2 Å². The van der Waals surface area contributed by atoms with Crippen molar-refractivity contribution in [3.63, 3.8) is 0 Å². The van der Waals surface area contributed by atoms with E-state index in [9.17, 15) is 4.79 Å². The van der Waals surface area contributed by atoms with Gasteiger partial charge in [0.05, 0.1) is 0 Å². The molecule has 0 aromatic heterocycles. The van der Waals surface area contributed by atoms with E-state index in [0.29, 0.717) is 6.42 Å². The highest BCUT2D eigenvalue weighted by molar-refractivity contribution is 5.96. The molecule has 1 fully saturated rings. The molecule has 3 heteroatoms. The maximum atomic E-state index is 12.2. The molecule has 3 rings (SSSR count). The number of anilines is 1. The van der Waals surface area contributed by atoms with Crippen LogP contribution in [-0.2, 0) is 4.79 Å².